The largest absolute Gasteiger partial charge is 0.462 e. The molecule has 1 aliphatic carbocycles. The fourth-order valence-electron chi connectivity index (χ4n) is 2.00. The molecule has 0 atom stereocenters. The van der Waals surface area contributed by atoms with Crippen LogP contribution >= 0.6 is 11.3 Å². The lowest BCUT2D eigenvalue weighted by atomic mass is 10.1. The molecule has 1 amide bonds. The van der Waals surface area contributed by atoms with Gasteiger partial charge < -0.3 is 15.2 Å². The maximum Gasteiger partial charge on any atom is 0.341 e. The third-order valence-corrected chi connectivity index (χ3v) is 4.04. The monoisotopic (exact) mass is 297 g/mol. The number of anilines is 1. The molecule has 0 saturated heterocycles. The van der Waals surface area contributed by atoms with Gasteiger partial charge in [-0.05, 0) is 43.0 Å². The van der Waals surface area contributed by atoms with Gasteiger partial charge in [-0.25, -0.2) is 4.79 Å². The highest BCUT2D eigenvalue weighted by Gasteiger charge is 2.32. The van der Waals surface area contributed by atoms with Crippen molar-refractivity contribution in [1.29, 1.82) is 0 Å². The van der Waals surface area contributed by atoms with Gasteiger partial charge in [-0.3, -0.25) is 4.79 Å². The number of rotatable bonds is 7. The van der Waals surface area contributed by atoms with Gasteiger partial charge in [-0.1, -0.05) is 0 Å². The summed E-state index contributed by atoms with van der Waals surface area (Å²) in [4.78, 5) is 23.8. The Morgan fingerprint density at radius 3 is 2.85 bits per heavy atom. The van der Waals surface area contributed by atoms with Crippen LogP contribution in [0.25, 0.3) is 0 Å². The number of ether oxygens (including phenoxy) is 1. The average molecular weight is 297 g/mol. The number of nitrogens with one attached hydrogen (secondary N) is 1. The Morgan fingerprint density at radius 1 is 1.50 bits per heavy atom. The molecule has 0 radical (unpaired) electrons. The van der Waals surface area contributed by atoms with Crippen molar-refractivity contribution in [2.45, 2.75) is 38.5 Å². The van der Waals surface area contributed by atoms with Crippen molar-refractivity contribution >= 4 is 28.2 Å². The standard InChI is InChI=1S/C14H19NO4S/c1-2-19-14(18)12-10(9-5-6-9)8-20-13(12)15-11(17)4-3-7-16/h8-9,16H,2-7H2,1H3,(H,15,17). The fraction of sp³-hybridized carbons (Fsp3) is 0.571. The molecular weight excluding hydrogens is 278 g/mol. The van der Waals surface area contributed by atoms with E-state index < -0.39 is 0 Å². The first kappa shape index (κ1) is 15.0. The third kappa shape index (κ3) is 3.58. The molecular formula is C14H19NO4S. The molecule has 2 N–H and O–H groups in total. The molecule has 1 saturated carbocycles. The molecule has 1 heterocycles. The number of aliphatic hydroxyl groups excluding tert-OH is 1. The summed E-state index contributed by atoms with van der Waals surface area (Å²) < 4.78 is 5.08. The van der Waals surface area contributed by atoms with Crippen LogP contribution in [0.1, 0.15) is 54.4 Å². The average Bonchev–Trinajstić information content (AvgIpc) is 3.18. The predicted molar refractivity (Wildman–Crippen MR) is 77.2 cm³/mol. The van der Waals surface area contributed by atoms with Crippen molar-refractivity contribution in [3.63, 3.8) is 0 Å². The summed E-state index contributed by atoms with van der Waals surface area (Å²) in [7, 11) is 0. The fourth-order valence-corrected chi connectivity index (χ4v) is 3.05. The van der Waals surface area contributed by atoms with Gasteiger partial charge in [0.2, 0.25) is 5.91 Å². The van der Waals surface area contributed by atoms with Gasteiger partial charge in [0.1, 0.15) is 5.00 Å². The maximum absolute atomic E-state index is 12.1. The van der Waals surface area contributed by atoms with Crippen molar-refractivity contribution in [2.24, 2.45) is 0 Å². The number of aliphatic hydroxyl groups is 1. The smallest absolute Gasteiger partial charge is 0.341 e. The highest BCUT2D eigenvalue weighted by molar-refractivity contribution is 7.15. The first-order chi connectivity index (χ1) is 9.67. The van der Waals surface area contributed by atoms with Gasteiger partial charge >= 0.3 is 5.97 Å². The molecule has 1 aromatic heterocycles. The summed E-state index contributed by atoms with van der Waals surface area (Å²) in [6, 6.07) is 0. The Labute approximate surface area is 121 Å². The van der Waals surface area contributed by atoms with Crippen LogP contribution in [0.5, 0.6) is 0 Å². The van der Waals surface area contributed by atoms with Crippen LogP contribution in [0.15, 0.2) is 5.38 Å². The summed E-state index contributed by atoms with van der Waals surface area (Å²) in [5, 5.41) is 14.0. The molecule has 110 valence electrons. The van der Waals surface area contributed by atoms with Crippen LogP contribution in [-0.2, 0) is 9.53 Å². The van der Waals surface area contributed by atoms with E-state index >= 15 is 0 Å². The zero-order valence-corrected chi connectivity index (χ0v) is 12.3. The first-order valence-electron chi connectivity index (χ1n) is 6.86. The van der Waals surface area contributed by atoms with Crippen molar-refractivity contribution in [3.8, 4) is 0 Å². The molecule has 0 bridgehead atoms. The van der Waals surface area contributed by atoms with E-state index in [9.17, 15) is 9.59 Å². The maximum atomic E-state index is 12.1. The molecule has 5 nitrogen and oxygen atoms in total. The summed E-state index contributed by atoms with van der Waals surface area (Å²) in [5.41, 5.74) is 1.50. The Kier molecular flexibility index (Phi) is 5.14. The van der Waals surface area contributed by atoms with Crippen molar-refractivity contribution in [2.75, 3.05) is 18.5 Å². The van der Waals surface area contributed by atoms with Crippen LogP contribution < -0.4 is 5.32 Å². The van der Waals surface area contributed by atoms with Gasteiger partial charge in [0.25, 0.3) is 0 Å². The number of carbonyl (C=O) groups is 2. The summed E-state index contributed by atoms with van der Waals surface area (Å²) in [5.74, 6) is -0.129. The van der Waals surface area contributed by atoms with Crippen molar-refractivity contribution < 1.29 is 19.4 Å². The molecule has 0 unspecified atom stereocenters. The minimum absolute atomic E-state index is 0.0179. The summed E-state index contributed by atoms with van der Waals surface area (Å²) >= 11 is 1.37. The zero-order valence-electron chi connectivity index (χ0n) is 11.5. The van der Waals surface area contributed by atoms with E-state index in [1.165, 1.54) is 11.3 Å². The van der Waals surface area contributed by atoms with E-state index in [1.54, 1.807) is 6.92 Å². The second kappa shape index (κ2) is 6.85. The van der Waals surface area contributed by atoms with Crippen LogP contribution in [0.4, 0.5) is 5.00 Å². The topological polar surface area (TPSA) is 75.6 Å². The molecule has 0 spiro atoms. The number of amides is 1. The van der Waals surface area contributed by atoms with Crippen LogP contribution in [0.3, 0.4) is 0 Å². The molecule has 0 aliphatic heterocycles. The van der Waals surface area contributed by atoms with E-state index in [0.29, 0.717) is 29.5 Å². The van der Waals surface area contributed by atoms with Crippen molar-refractivity contribution in [3.05, 3.63) is 16.5 Å². The molecule has 1 fully saturated rings. The van der Waals surface area contributed by atoms with E-state index in [-0.39, 0.29) is 24.9 Å². The molecule has 6 heteroatoms. The van der Waals surface area contributed by atoms with E-state index in [2.05, 4.69) is 5.32 Å². The Morgan fingerprint density at radius 2 is 2.25 bits per heavy atom. The minimum atomic E-state index is -0.367. The van der Waals surface area contributed by atoms with Crippen molar-refractivity contribution in [1.82, 2.24) is 0 Å². The SMILES string of the molecule is CCOC(=O)c1c(C2CC2)csc1NC(=O)CCCO. The molecule has 1 aromatic rings. The van der Waals surface area contributed by atoms with Gasteiger partial charge in [-0.15, -0.1) is 11.3 Å². The van der Waals surface area contributed by atoms with Gasteiger partial charge in [0.05, 0.1) is 12.2 Å². The zero-order chi connectivity index (χ0) is 14.5. The third-order valence-electron chi connectivity index (χ3n) is 3.13. The number of hydrogen-bond donors (Lipinski definition) is 2. The Balaban J connectivity index is 2.15. The Hall–Kier alpha value is -1.40. The van der Waals surface area contributed by atoms with Crippen LogP contribution in [-0.4, -0.2) is 30.2 Å². The van der Waals surface area contributed by atoms with Crippen LogP contribution in [0.2, 0.25) is 0 Å². The second-order valence-electron chi connectivity index (χ2n) is 4.77. The first-order valence-corrected chi connectivity index (χ1v) is 7.74. The highest BCUT2D eigenvalue weighted by atomic mass is 32.1. The van der Waals surface area contributed by atoms with E-state index in [0.717, 1.165) is 18.4 Å². The predicted octanol–water partition coefficient (Wildman–Crippen LogP) is 2.51. The van der Waals surface area contributed by atoms with Gasteiger partial charge in [0, 0.05) is 13.0 Å². The van der Waals surface area contributed by atoms with E-state index in [4.69, 9.17) is 9.84 Å². The molecule has 1 aliphatic rings. The lowest BCUT2D eigenvalue weighted by Crippen LogP contribution is -2.15. The Bertz CT molecular complexity index is 493. The quantitative estimate of drug-likeness (QED) is 0.758. The van der Waals surface area contributed by atoms with Gasteiger partial charge in [-0.2, -0.15) is 0 Å². The van der Waals surface area contributed by atoms with E-state index in [1.807, 2.05) is 5.38 Å². The minimum Gasteiger partial charge on any atom is -0.462 e. The molecule has 20 heavy (non-hydrogen) atoms. The van der Waals surface area contributed by atoms with Crippen LogP contribution in [0, 0.1) is 0 Å². The molecule has 2 rings (SSSR count). The number of esters is 1. The lowest BCUT2D eigenvalue weighted by molar-refractivity contribution is -0.116. The normalized spacial score (nSPS) is 14.1. The van der Waals surface area contributed by atoms with Gasteiger partial charge in [0.15, 0.2) is 0 Å². The second-order valence-corrected chi connectivity index (χ2v) is 5.64. The molecule has 0 aromatic carbocycles. The lowest BCUT2D eigenvalue weighted by Gasteiger charge is -2.08. The number of carbonyl (C=O) groups excluding carboxylic acids is 2. The number of hydrogen-bond acceptors (Lipinski definition) is 5. The highest BCUT2D eigenvalue weighted by Crippen LogP contribution is 2.46. The number of thiophene rings is 1. The summed E-state index contributed by atoms with van der Waals surface area (Å²) in [6.45, 7) is 2.06. The summed E-state index contributed by atoms with van der Waals surface area (Å²) in [6.07, 6.45) is 2.83.